The van der Waals surface area contributed by atoms with Gasteiger partial charge in [-0.2, -0.15) is 0 Å². The Labute approximate surface area is 138 Å². The van der Waals surface area contributed by atoms with Gasteiger partial charge in [-0.3, -0.25) is 0 Å². The lowest BCUT2D eigenvalue weighted by atomic mass is 9.82. The van der Waals surface area contributed by atoms with E-state index >= 15 is 0 Å². The Morgan fingerprint density at radius 1 is 1.21 bits per heavy atom. The third kappa shape index (κ3) is 5.28. The van der Waals surface area contributed by atoms with E-state index in [1.54, 1.807) is 0 Å². The van der Waals surface area contributed by atoms with Crippen LogP contribution in [0.1, 0.15) is 39.5 Å². The second-order valence-electron chi connectivity index (χ2n) is 5.00. The summed E-state index contributed by atoms with van der Waals surface area (Å²) in [6.45, 7) is 5.15. The lowest BCUT2D eigenvalue weighted by Gasteiger charge is -2.31. The second kappa shape index (κ2) is 8.53. The van der Waals surface area contributed by atoms with E-state index in [0.29, 0.717) is 11.6 Å². The molecule has 4 heteroatoms. The van der Waals surface area contributed by atoms with E-state index in [4.69, 9.17) is 16.3 Å². The van der Waals surface area contributed by atoms with Crippen LogP contribution in [0.3, 0.4) is 0 Å². The van der Waals surface area contributed by atoms with E-state index < -0.39 is 0 Å². The van der Waals surface area contributed by atoms with Crippen molar-refractivity contribution in [1.82, 2.24) is 0 Å². The molecule has 108 valence electrons. The third-order valence-corrected chi connectivity index (χ3v) is 5.27. The van der Waals surface area contributed by atoms with Crippen LogP contribution in [0.5, 0.6) is 5.75 Å². The Morgan fingerprint density at radius 2 is 1.84 bits per heavy atom. The molecule has 0 saturated carbocycles. The number of ether oxygens (including phenoxy) is 1. The SMILES string of the molecule is CCCC(CBr)(CCC)COc1cc(Br)ccc1Cl. The van der Waals surface area contributed by atoms with Crippen molar-refractivity contribution in [3.8, 4) is 5.75 Å². The number of rotatable bonds is 8. The summed E-state index contributed by atoms with van der Waals surface area (Å²) < 4.78 is 6.98. The van der Waals surface area contributed by atoms with E-state index in [0.717, 1.165) is 28.4 Å². The van der Waals surface area contributed by atoms with Crippen molar-refractivity contribution in [1.29, 1.82) is 0 Å². The molecule has 0 unspecified atom stereocenters. The van der Waals surface area contributed by atoms with Crippen LogP contribution in [0.2, 0.25) is 5.02 Å². The van der Waals surface area contributed by atoms with Crippen LogP contribution in [0.15, 0.2) is 22.7 Å². The predicted molar refractivity (Wildman–Crippen MR) is 90.7 cm³/mol. The maximum absolute atomic E-state index is 6.16. The van der Waals surface area contributed by atoms with Crippen LogP contribution in [0.25, 0.3) is 0 Å². The maximum atomic E-state index is 6.16. The van der Waals surface area contributed by atoms with Gasteiger partial charge >= 0.3 is 0 Å². The molecule has 0 aromatic heterocycles. The summed E-state index contributed by atoms with van der Waals surface area (Å²) in [6.07, 6.45) is 4.66. The Kier molecular flexibility index (Phi) is 7.78. The van der Waals surface area contributed by atoms with Crippen molar-refractivity contribution in [3.63, 3.8) is 0 Å². The fraction of sp³-hybridized carbons (Fsp3) is 0.600. The van der Waals surface area contributed by atoms with E-state index in [-0.39, 0.29) is 5.41 Å². The Bertz CT molecular complexity index is 390. The fourth-order valence-corrected chi connectivity index (χ4v) is 3.56. The highest BCUT2D eigenvalue weighted by Crippen LogP contribution is 2.35. The molecule has 0 fully saturated rings. The summed E-state index contributed by atoms with van der Waals surface area (Å²) in [5.41, 5.74) is 0.204. The minimum atomic E-state index is 0.204. The van der Waals surface area contributed by atoms with E-state index in [1.807, 2.05) is 18.2 Å². The lowest BCUT2D eigenvalue weighted by Crippen LogP contribution is -2.30. The van der Waals surface area contributed by atoms with Crippen molar-refractivity contribution < 1.29 is 4.74 Å². The van der Waals surface area contributed by atoms with Gasteiger partial charge in [-0.15, -0.1) is 0 Å². The minimum absolute atomic E-state index is 0.204. The normalized spacial score (nSPS) is 11.6. The van der Waals surface area contributed by atoms with Crippen molar-refractivity contribution in [2.75, 3.05) is 11.9 Å². The number of benzene rings is 1. The van der Waals surface area contributed by atoms with Gasteiger partial charge in [0.05, 0.1) is 11.6 Å². The van der Waals surface area contributed by atoms with Crippen LogP contribution in [0, 0.1) is 5.41 Å². The van der Waals surface area contributed by atoms with Gasteiger partial charge in [-0.25, -0.2) is 0 Å². The van der Waals surface area contributed by atoms with E-state index in [1.165, 1.54) is 12.8 Å². The van der Waals surface area contributed by atoms with Crippen molar-refractivity contribution in [2.24, 2.45) is 5.41 Å². The average Bonchev–Trinajstić information content (AvgIpc) is 2.40. The topological polar surface area (TPSA) is 9.23 Å². The number of halogens is 3. The molecule has 0 heterocycles. The van der Waals surface area contributed by atoms with E-state index in [2.05, 4.69) is 45.7 Å². The molecule has 0 atom stereocenters. The van der Waals surface area contributed by atoms with Gasteiger partial charge in [0.15, 0.2) is 0 Å². The van der Waals surface area contributed by atoms with Gasteiger partial charge < -0.3 is 4.74 Å². The standard InChI is InChI=1S/C15H21Br2ClO/c1-3-7-15(10-16,8-4-2)11-19-14-9-12(17)5-6-13(14)18/h5-6,9H,3-4,7-8,10-11H2,1-2H3. The highest BCUT2D eigenvalue weighted by molar-refractivity contribution is 9.10. The molecule has 0 amide bonds. The monoisotopic (exact) mass is 410 g/mol. The van der Waals surface area contributed by atoms with Gasteiger partial charge in [-0.05, 0) is 31.0 Å². The van der Waals surface area contributed by atoms with Crippen molar-refractivity contribution in [3.05, 3.63) is 27.7 Å². The van der Waals surface area contributed by atoms with E-state index in [9.17, 15) is 0 Å². The molecule has 0 radical (unpaired) electrons. The van der Waals surface area contributed by atoms with Crippen LogP contribution in [-0.2, 0) is 0 Å². The Morgan fingerprint density at radius 3 is 2.37 bits per heavy atom. The molecule has 0 aliphatic rings. The molecule has 19 heavy (non-hydrogen) atoms. The smallest absolute Gasteiger partial charge is 0.139 e. The molecule has 1 nitrogen and oxygen atoms in total. The first kappa shape index (κ1) is 17.3. The molecule has 1 aromatic carbocycles. The number of hydrogen-bond donors (Lipinski definition) is 0. The Hall–Kier alpha value is 0.270. The summed E-state index contributed by atoms with van der Waals surface area (Å²) in [5, 5.41) is 1.63. The highest BCUT2D eigenvalue weighted by atomic mass is 79.9. The molecule has 0 aliphatic carbocycles. The quantitative estimate of drug-likeness (QED) is 0.445. The molecule has 1 aromatic rings. The minimum Gasteiger partial charge on any atom is -0.491 e. The molecular weight excluding hydrogens is 391 g/mol. The van der Waals surface area contributed by atoms with Gasteiger partial charge in [0.1, 0.15) is 5.75 Å². The summed E-state index contributed by atoms with van der Waals surface area (Å²) in [4.78, 5) is 0. The van der Waals surface area contributed by atoms with Crippen molar-refractivity contribution in [2.45, 2.75) is 39.5 Å². The van der Waals surface area contributed by atoms with Crippen molar-refractivity contribution >= 4 is 43.5 Å². The lowest BCUT2D eigenvalue weighted by molar-refractivity contribution is 0.144. The fourth-order valence-electron chi connectivity index (χ4n) is 2.32. The second-order valence-corrected chi connectivity index (χ2v) is 6.88. The average molecular weight is 413 g/mol. The molecule has 0 spiro atoms. The van der Waals surface area contributed by atoms with Crippen LogP contribution < -0.4 is 4.74 Å². The summed E-state index contributed by atoms with van der Waals surface area (Å²) in [5.74, 6) is 0.758. The molecule has 0 bridgehead atoms. The largest absolute Gasteiger partial charge is 0.491 e. The van der Waals surface area contributed by atoms with Gasteiger partial charge in [-0.1, -0.05) is 70.1 Å². The number of alkyl halides is 1. The zero-order valence-corrected chi connectivity index (χ0v) is 15.4. The zero-order valence-electron chi connectivity index (χ0n) is 11.5. The summed E-state index contributed by atoms with van der Waals surface area (Å²) in [6, 6.07) is 5.71. The Balaban J connectivity index is 2.77. The van der Waals surface area contributed by atoms with Gasteiger partial charge in [0.2, 0.25) is 0 Å². The first-order chi connectivity index (χ1) is 9.06. The first-order valence-corrected chi connectivity index (χ1v) is 9.00. The maximum Gasteiger partial charge on any atom is 0.139 e. The molecular formula is C15H21Br2ClO. The van der Waals surface area contributed by atoms with Gasteiger partial charge in [0, 0.05) is 15.2 Å². The molecule has 0 aliphatic heterocycles. The highest BCUT2D eigenvalue weighted by Gasteiger charge is 2.28. The summed E-state index contributed by atoms with van der Waals surface area (Å²) in [7, 11) is 0. The number of hydrogen-bond acceptors (Lipinski definition) is 1. The third-order valence-electron chi connectivity index (χ3n) is 3.27. The molecule has 0 saturated heterocycles. The molecule has 1 rings (SSSR count). The van der Waals surface area contributed by atoms with Crippen LogP contribution >= 0.6 is 43.5 Å². The zero-order chi connectivity index (χ0) is 14.3. The predicted octanol–water partition coefficient (Wildman–Crippen LogP) is 6.46. The summed E-state index contributed by atoms with van der Waals surface area (Å²) >= 11 is 13.3. The van der Waals surface area contributed by atoms with Crippen LogP contribution in [0.4, 0.5) is 0 Å². The molecule has 0 N–H and O–H groups in total. The first-order valence-electron chi connectivity index (χ1n) is 6.70. The van der Waals surface area contributed by atoms with Gasteiger partial charge in [0.25, 0.3) is 0 Å². The van der Waals surface area contributed by atoms with Crippen LogP contribution in [-0.4, -0.2) is 11.9 Å².